The van der Waals surface area contributed by atoms with E-state index < -0.39 is 0 Å². The summed E-state index contributed by atoms with van der Waals surface area (Å²) in [4.78, 5) is 0. The first-order valence-electron chi connectivity index (χ1n) is 5.87. The second kappa shape index (κ2) is 5.87. The number of rotatable bonds is 4. The summed E-state index contributed by atoms with van der Waals surface area (Å²) >= 11 is 0. The summed E-state index contributed by atoms with van der Waals surface area (Å²) in [5, 5.41) is 0. The van der Waals surface area contributed by atoms with Crippen LogP contribution in [0.2, 0.25) is 0 Å². The van der Waals surface area contributed by atoms with Crippen molar-refractivity contribution in [3.63, 3.8) is 0 Å². The molecular weight excluding hydrogens is 204 g/mol. The molecule has 88 valence electrons. The monoisotopic (exact) mass is 222 g/mol. The Morgan fingerprint density at radius 1 is 1.19 bits per heavy atom. The SMILES string of the molecule is CCOC1CCCC(Oc2ccccc2)O1. The molecule has 0 aliphatic carbocycles. The lowest BCUT2D eigenvalue weighted by atomic mass is 10.2. The molecule has 3 heteroatoms. The van der Waals surface area contributed by atoms with E-state index in [0.29, 0.717) is 6.61 Å². The second-order valence-electron chi connectivity index (χ2n) is 3.81. The molecule has 0 N–H and O–H groups in total. The Kier molecular flexibility index (Phi) is 4.19. The van der Waals surface area contributed by atoms with Crippen LogP contribution in [0.25, 0.3) is 0 Å². The van der Waals surface area contributed by atoms with Crippen LogP contribution in [0.3, 0.4) is 0 Å². The molecule has 2 atom stereocenters. The second-order valence-corrected chi connectivity index (χ2v) is 3.81. The van der Waals surface area contributed by atoms with Gasteiger partial charge >= 0.3 is 0 Å². The maximum absolute atomic E-state index is 5.73. The summed E-state index contributed by atoms with van der Waals surface area (Å²) < 4.78 is 16.9. The molecule has 2 unspecified atom stereocenters. The molecule has 3 nitrogen and oxygen atoms in total. The van der Waals surface area contributed by atoms with Gasteiger partial charge < -0.3 is 14.2 Å². The highest BCUT2D eigenvalue weighted by molar-refractivity contribution is 5.21. The molecule has 1 heterocycles. The van der Waals surface area contributed by atoms with Crippen LogP contribution in [0.15, 0.2) is 30.3 Å². The van der Waals surface area contributed by atoms with Gasteiger partial charge in [-0.25, -0.2) is 0 Å². The molecule has 0 bridgehead atoms. The van der Waals surface area contributed by atoms with Gasteiger partial charge in [0.15, 0.2) is 6.29 Å². The van der Waals surface area contributed by atoms with Crippen LogP contribution in [-0.4, -0.2) is 19.2 Å². The Morgan fingerprint density at radius 3 is 2.69 bits per heavy atom. The Hall–Kier alpha value is -1.06. The van der Waals surface area contributed by atoms with E-state index >= 15 is 0 Å². The zero-order valence-electron chi connectivity index (χ0n) is 9.59. The minimum Gasteiger partial charge on any atom is -0.465 e. The van der Waals surface area contributed by atoms with Crippen LogP contribution < -0.4 is 4.74 Å². The van der Waals surface area contributed by atoms with Gasteiger partial charge in [0.25, 0.3) is 0 Å². The van der Waals surface area contributed by atoms with Crippen LogP contribution in [0.1, 0.15) is 26.2 Å². The average Bonchev–Trinajstić information content (AvgIpc) is 2.31. The van der Waals surface area contributed by atoms with Gasteiger partial charge in [-0.2, -0.15) is 0 Å². The van der Waals surface area contributed by atoms with Gasteiger partial charge in [0.05, 0.1) is 0 Å². The molecule has 0 saturated carbocycles. The van der Waals surface area contributed by atoms with Crippen LogP contribution in [0, 0.1) is 0 Å². The Balaban J connectivity index is 1.85. The number of hydrogen-bond donors (Lipinski definition) is 0. The highest BCUT2D eigenvalue weighted by atomic mass is 16.8. The van der Waals surface area contributed by atoms with E-state index in [-0.39, 0.29) is 12.6 Å². The number of hydrogen-bond acceptors (Lipinski definition) is 3. The van der Waals surface area contributed by atoms with Gasteiger partial charge in [-0.3, -0.25) is 0 Å². The van der Waals surface area contributed by atoms with Crippen molar-refractivity contribution in [2.24, 2.45) is 0 Å². The molecule has 1 fully saturated rings. The first-order chi connectivity index (χ1) is 7.88. The van der Waals surface area contributed by atoms with Crippen molar-refractivity contribution in [1.29, 1.82) is 0 Å². The molecule has 1 saturated heterocycles. The maximum Gasteiger partial charge on any atom is 0.202 e. The van der Waals surface area contributed by atoms with E-state index in [4.69, 9.17) is 14.2 Å². The highest BCUT2D eigenvalue weighted by Gasteiger charge is 2.23. The fourth-order valence-corrected chi connectivity index (χ4v) is 1.80. The van der Waals surface area contributed by atoms with Crippen molar-refractivity contribution >= 4 is 0 Å². The normalized spacial score (nSPS) is 25.3. The molecule has 0 aromatic heterocycles. The van der Waals surface area contributed by atoms with E-state index in [1.54, 1.807) is 0 Å². The predicted octanol–water partition coefficient (Wildman–Crippen LogP) is 2.95. The first kappa shape index (κ1) is 11.4. The highest BCUT2D eigenvalue weighted by Crippen LogP contribution is 2.22. The molecule has 0 amide bonds. The Morgan fingerprint density at radius 2 is 1.94 bits per heavy atom. The fraction of sp³-hybridized carbons (Fsp3) is 0.538. The average molecular weight is 222 g/mol. The van der Waals surface area contributed by atoms with Crippen molar-refractivity contribution < 1.29 is 14.2 Å². The molecule has 1 aliphatic rings. The summed E-state index contributed by atoms with van der Waals surface area (Å²) in [5.41, 5.74) is 0. The maximum atomic E-state index is 5.73. The predicted molar refractivity (Wildman–Crippen MR) is 61.2 cm³/mol. The zero-order valence-corrected chi connectivity index (χ0v) is 9.59. The van der Waals surface area contributed by atoms with Gasteiger partial charge in [-0.15, -0.1) is 0 Å². The lowest BCUT2D eigenvalue weighted by Crippen LogP contribution is -2.33. The van der Waals surface area contributed by atoms with E-state index in [1.807, 2.05) is 37.3 Å². The van der Waals surface area contributed by atoms with Crippen LogP contribution in [-0.2, 0) is 9.47 Å². The van der Waals surface area contributed by atoms with Crippen LogP contribution in [0.4, 0.5) is 0 Å². The molecule has 0 radical (unpaired) electrons. The number of benzene rings is 1. The largest absolute Gasteiger partial charge is 0.465 e. The first-order valence-corrected chi connectivity index (χ1v) is 5.87. The Bertz CT molecular complexity index is 297. The molecular formula is C13H18O3. The molecule has 16 heavy (non-hydrogen) atoms. The van der Waals surface area contributed by atoms with Gasteiger partial charge in [0, 0.05) is 13.0 Å². The standard InChI is InChI=1S/C13H18O3/c1-2-14-12-9-6-10-13(16-12)15-11-7-4-3-5-8-11/h3-5,7-8,12-13H,2,6,9-10H2,1H3. The minimum absolute atomic E-state index is 0.104. The van der Waals surface area contributed by atoms with Crippen molar-refractivity contribution in [3.05, 3.63) is 30.3 Å². The van der Waals surface area contributed by atoms with Gasteiger partial charge in [0.1, 0.15) is 5.75 Å². The summed E-state index contributed by atoms with van der Waals surface area (Å²) in [7, 11) is 0. The Labute approximate surface area is 96.3 Å². The molecule has 0 spiro atoms. The van der Waals surface area contributed by atoms with Crippen molar-refractivity contribution in [2.75, 3.05) is 6.61 Å². The van der Waals surface area contributed by atoms with Crippen molar-refractivity contribution in [2.45, 2.75) is 38.8 Å². The third kappa shape index (κ3) is 3.22. The summed E-state index contributed by atoms with van der Waals surface area (Å²) in [5.74, 6) is 0.852. The van der Waals surface area contributed by atoms with Crippen LogP contribution in [0.5, 0.6) is 5.75 Å². The molecule has 2 rings (SSSR count). The van der Waals surface area contributed by atoms with Crippen molar-refractivity contribution in [1.82, 2.24) is 0 Å². The molecule has 1 aliphatic heterocycles. The van der Waals surface area contributed by atoms with Gasteiger partial charge in [0.2, 0.25) is 6.29 Å². The lowest BCUT2D eigenvalue weighted by Gasteiger charge is -2.29. The van der Waals surface area contributed by atoms with E-state index in [1.165, 1.54) is 0 Å². The van der Waals surface area contributed by atoms with Crippen LogP contribution >= 0.6 is 0 Å². The molecule has 1 aromatic carbocycles. The molecule has 1 aromatic rings. The van der Waals surface area contributed by atoms with E-state index in [2.05, 4.69) is 0 Å². The topological polar surface area (TPSA) is 27.7 Å². The fourth-order valence-electron chi connectivity index (χ4n) is 1.80. The summed E-state index contributed by atoms with van der Waals surface area (Å²) in [6.45, 7) is 2.66. The zero-order chi connectivity index (χ0) is 11.2. The third-order valence-electron chi connectivity index (χ3n) is 2.55. The summed E-state index contributed by atoms with van der Waals surface area (Å²) in [6, 6.07) is 9.76. The minimum atomic E-state index is -0.173. The lowest BCUT2D eigenvalue weighted by molar-refractivity contribution is -0.240. The van der Waals surface area contributed by atoms with E-state index in [0.717, 1.165) is 25.0 Å². The number of para-hydroxylation sites is 1. The summed E-state index contributed by atoms with van der Waals surface area (Å²) in [6.07, 6.45) is 2.70. The van der Waals surface area contributed by atoms with Gasteiger partial charge in [-0.1, -0.05) is 18.2 Å². The van der Waals surface area contributed by atoms with E-state index in [9.17, 15) is 0 Å². The van der Waals surface area contributed by atoms with Crippen molar-refractivity contribution in [3.8, 4) is 5.75 Å². The smallest absolute Gasteiger partial charge is 0.202 e. The van der Waals surface area contributed by atoms with Gasteiger partial charge in [-0.05, 0) is 31.9 Å². The number of ether oxygens (including phenoxy) is 3. The third-order valence-corrected chi connectivity index (χ3v) is 2.55. The quantitative estimate of drug-likeness (QED) is 0.784.